The molecule has 1 saturated carbocycles. The zero-order valence-electron chi connectivity index (χ0n) is 16.1. The van der Waals surface area contributed by atoms with Gasteiger partial charge in [-0.25, -0.2) is 8.42 Å². The van der Waals surface area contributed by atoms with Crippen LogP contribution in [0.4, 0.5) is 5.13 Å². The molecule has 2 N–H and O–H groups in total. The molecule has 1 aromatic heterocycles. The Hall–Kier alpha value is -1.84. The fourth-order valence-electron chi connectivity index (χ4n) is 2.92. The van der Waals surface area contributed by atoms with Gasteiger partial charge in [-0.15, -0.1) is 10.2 Å². The molecule has 9 heteroatoms. The van der Waals surface area contributed by atoms with Gasteiger partial charge < -0.3 is 0 Å². The van der Waals surface area contributed by atoms with Crippen LogP contribution < -0.4 is 10.0 Å². The van der Waals surface area contributed by atoms with Crippen molar-refractivity contribution in [3.63, 3.8) is 0 Å². The van der Waals surface area contributed by atoms with E-state index in [4.69, 9.17) is 0 Å². The SMILES string of the molecule is Cc1cc(C)c(C)c(S(=O)(=O)N[C@H](C)C(=O)Nc2nnc(C3CC3)s2)c1C. The molecular formula is C18H24N4O3S2. The average Bonchev–Trinajstić information content (AvgIpc) is 3.32. The van der Waals surface area contributed by atoms with E-state index in [1.165, 1.54) is 18.3 Å². The molecule has 0 saturated heterocycles. The number of aromatic nitrogens is 2. The Labute approximate surface area is 163 Å². The fourth-order valence-corrected chi connectivity index (χ4v) is 5.66. The molecule has 0 aliphatic heterocycles. The Bertz CT molecular complexity index is 968. The largest absolute Gasteiger partial charge is 0.299 e. The molecule has 146 valence electrons. The number of anilines is 1. The van der Waals surface area contributed by atoms with E-state index >= 15 is 0 Å². The fraction of sp³-hybridized carbons (Fsp3) is 0.500. The normalized spacial score (nSPS) is 15.6. The molecule has 0 radical (unpaired) electrons. The molecule has 0 spiro atoms. The molecule has 27 heavy (non-hydrogen) atoms. The number of sulfonamides is 1. The number of benzene rings is 1. The molecule has 1 amide bonds. The van der Waals surface area contributed by atoms with Gasteiger partial charge in [-0.3, -0.25) is 10.1 Å². The van der Waals surface area contributed by atoms with Crippen LogP contribution in [0.2, 0.25) is 0 Å². The molecule has 1 atom stereocenters. The Morgan fingerprint density at radius 2 is 1.74 bits per heavy atom. The summed E-state index contributed by atoms with van der Waals surface area (Å²) in [5.74, 6) is -0.00339. The zero-order valence-corrected chi connectivity index (χ0v) is 17.7. The number of nitrogens with zero attached hydrogens (tertiary/aromatic N) is 2. The molecule has 1 aliphatic rings. The summed E-state index contributed by atoms with van der Waals surface area (Å²) in [6.45, 7) is 8.83. The first-order valence-corrected chi connectivity index (χ1v) is 11.1. The summed E-state index contributed by atoms with van der Waals surface area (Å²) in [5.41, 5.74) is 3.18. The number of aryl methyl sites for hydroxylation is 2. The monoisotopic (exact) mass is 408 g/mol. The van der Waals surface area contributed by atoms with E-state index in [0.29, 0.717) is 22.2 Å². The Morgan fingerprint density at radius 1 is 1.15 bits per heavy atom. The lowest BCUT2D eigenvalue weighted by Gasteiger charge is -2.18. The summed E-state index contributed by atoms with van der Waals surface area (Å²) in [5, 5.41) is 12.0. The molecule has 2 aromatic rings. The van der Waals surface area contributed by atoms with Crippen LogP contribution in [0.1, 0.15) is 52.9 Å². The van der Waals surface area contributed by atoms with E-state index in [2.05, 4.69) is 20.2 Å². The Morgan fingerprint density at radius 3 is 2.30 bits per heavy atom. The highest BCUT2D eigenvalue weighted by Gasteiger charge is 2.29. The van der Waals surface area contributed by atoms with Crippen LogP contribution in [0, 0.1) is 27.7 Å². The van der Waals surface area contributed by atoms with Crippen LogP contribution in [0.5, 0.6) is 0 Å². The summed E-state index contributed by atoms with van der Waals surface area (Å²) in [7, 11) is -3.84. The van der Waals surface area contributed by atoms with Crippen molar-refractivity contribution in [2.24, 2.45) is 0 Å². The minimum Gasteiger partial charge on any atom is -0.299 e. The summed E-state index contributed by atoms with van der Waals surface area (Å²) >= 11 is 1.34. The maximum absolute atomic E-state index is 12.9. The number of rotatable bonds is 6. The second-order valence-corrected chi connectivity index (χ2v) is 9.80. The van der Waals surface area contributed by atoms with Gasteiger partial charge in [0.05, 0.1) is 10.9 Å². The molecule has 0 unspecified atom stereocenters. The van der Waals surface area contributed by atoms with Crippen LogP contribution in [0.3, 0.4) is 0 Å². The summed E-state index contributed by atoms with van der Waals surface area (Å²) in [6.07, 6.45) is 2.21. The number of hydrogen-bond donors (Lipinski definition) is 2. The first kappa shape index (κ1) is 19.9. The van der Waals surface area contributed by atoms with Gasteiger partial charge in [0, 0.05) is 5.92 Å². The van der Waals surface area contributed by atoms with Crippen molar-refractivity contribution in [2.75, 3.05) is 5.32 Å². The number of hydrogen-bond acceptors (Lipinski definition) is 6. The van der Waals surface area contributed by atoms with Crippen LogP contribution in [0.15, 0.2) is 11.0 Å². The maximum Gasteiger partial charge on any atom is 0.244 e. The second-order valence-electron chi connectivity index (χ2n) is 7.14. The minimum atomic E-state index is -3.84. The standard InChI is InChI=1S/C18H24N4O3S2/c1-9-8-10(2)12(4)15(11(9)3)27(24,25)22-13(5)16(23)19-18-21-20-17(26-18)14-6-7-14/h8,13-14,22H,6-7H2,1-5H3,(H,19,21,23)/t13-/m1/s1. The van der Waals surface area contributed by atoms with E-state index in [0.717, 1.165) is 29.0 Å². The van der Waals surface area contributed by atoms with Gasteiger partial charge in [0.15, 0.2) is 0 Å². The number of carbonyl (C=O) groups is 1. The van der Waals surface area contributed by atoms with Gasteiger partial charge in [0.2, 0.25) is 21.1 Å². The maximum atomic E-state index is 12.9. The highest BCUT2D eigenvalue weighted by molar-refractivity contribution is 7.89. The van der Waals surface area contributed by atoms with Gasteiger partial charge in [-0.05, 0) is 69.7 Å². The van der Waals surface area contributed by atoms with Crippen LogP contribution >= 0.6 is 11.3 Å². The molecule has 1 aliphatic carbocycles. The van der Waals surface area contributed by atoms with Gasteiger partial charge in [-0.1, -0.05) is 17.4 Å². The van der Waals surface area contributed by atoms with Crippen LogP contribution in [0.25, 0.3) is 0 Å². The van der Waals surface area contributed by atoms with E-state index in [9.17, 15) is 13.2 Å². The van der Waals surface area contributed by atoms with Gasteiger partial charge >= 0.3 is 0 Å². The molecule has 1 aromatic carbocycles. The van der Waals surface area contributed by atoms with Crippen LogP contribution in [-0.4, -0.2) is 30.6 Å². The lowest BCUT2D eigenvalue weighted by atomic mass is 10.0. The van der Waals surface area contributed by atoms with Gasteiger partial charge in [-0.2, -0.15) is 4.72 Å². The van der Waals surface area contributed by atoms with Crippen molar-refractivity contribution in [1.29, 1.82) is 0 Å². The summed E-state index contributed by atoms with van der Waals surface area (Å²) in [4.78, 5) is 12.7. The van der Waals surface area contributed by atoms with Crippen molar-refractivity contribution < 1.29 is 13.2 Å². The van der Waals surface area contributed by atoms with Crippen molar-refractivity contribution in [3.05, 3.63) is 33.3 Å². The lowest BCUT2D eigenvalue weighted by molar-refractivity contribution is -0.117. The quantitative estimate of drug-likeness (QED) is 0.765. The van der Waals surface area contributed by atoms with E-state index < -0.39 is 22.0 Å². The minimum absolute atomic E-state index is 0.242. The third kappa shape index (κ3) is 4.20. The molecule has 1 heterocycles. The third-order valence-corrected chi connectivity index (χ3v) is 7.70. The average molecular weight is 409 g/mol. The molecule has 0 bridgehead atoms. The lowest BCUT2D eigenvalue weighted by Crippen LogP contribution is -2.42. The van der Waals surface area contributed by atoms with Gasteiger partial charge in [0.25, 0.3) is 0 Å². The third-order valence-electron chi connectivity index (χ3n) is 4.89. The second kappa shape index (κ2) is 7.29. The first-order chi connectivity index (χ1) is 12.6. The molecular weight excluding hydrogens is 384 g/mol. The smallest absolute Gasteiger partial charge is 0.244 e. The van der Waals surface area contributed by atoms with E-state index in [1.54, 1.807) is 13.8 Å². The number of carbonyl (C=O) groups excluding carboxylic acids is 1. The predicted octanol–water partition coefficient (Wildman–Crippen LogP) is 2.95. The number of amides is 1. The molecule has 3 rings (SSSR count). The zero-order chi connectivity index (χ0) is 19.9. The highest BCUT2D eigenvalue weighted by atomic mass is 32.2. The van der Waals surface area contributed by atoms with Crippen molar-refractivity contribution in [1.82, 2.24) is 14.9 Å². The molecule has 1 fully saturated rings. The highest BCUT2D eigenvalue weighted by Crippen LogP contribution is 2.42. The summed E-state index contributed by atoms with van der Waals surface area (Å²) in [6, 6.07) is 1.02. The topological polar surface area (TPSA) is 101 Å². The van der Waals surface area contributed by atoms with E-state index in [1.807, 2.05) is 19.9 Å². The van der Waals surface area contributed by atoms with Gasteiger partial charge in [0.1, 0.15) is 5.01 Å². The predicted molar refractivity (Wildman–Crippen MR) is 106 cm³/mol. The Balaban J connectivity index is 1.75. The first-order valence-electron chi connectivity index (χ1n) is 8.84. The summed E-state index contributed by atoms with van der Waals surface area (Å²) < 4.78 is 28.3. The van der Waals surface area contributed by atoms with Crippen molar-refractivity contribution in [2.45, 2.75) is 64.3 Å². The Kier molecular flexibility index (Phi) is 5.38. The van der Waals surface area contributed by atoms with E-state index in [-0.39, 0.29) is 4.90 Å². The van der Waals surface area contributed by atoms with Crippen molar-refractivity contribution in [3.8, 4) is 0 Å². The number of nitrogens with one attached hydrogen (secondary N) is 2. The molecule has 7 nitrogen and oxygen atoms in total. The van der Waals surface area contributed by atoms with Crippen LogP contribution in [-0.2, 0) is 14.8 Å². The van der Waals surface area contributed by atoms with Crippen molar-refractivity contribution >= 4 is 32.4 Å².